The van der Waals surface area contributed by atoms with Gasteiger partial charge in [0.25, 0.3) is 5.91 Å². The van der Waals surface area contributed by atoms with Crippen LogP contribution in [0.5, 0.6) is 5.75 Å². The number of amides is 2. The smallest absolute Gasteiger partial charge is 0.258 e. The van der Waals surface area contributed by atoms with Gasteiger partial charge in [0.1, 0.15) is 5.75 Å². The summed E-state index contributed by atoms with van der Waals surface area (Å²) in [4.78, 5) is 25.1. The third-order valence-electron chi connectivity index (χ3n) is 2.78. The molecule has 0 saturated heterocycles. The van der Waals surface area contributed by atoms with Crippen molar-refractivity contribution < 1.29 is 14.7 Å². The zero-order valence-corrected chi connectivity index (χ0v) is 11.6. The van der Waals surface area contributed by atoms with Crippen LogP contribution < -0.4 is 5.32 Å². The molecule has 1 rings (SSSR count). The first kappa shape index (κ1) is 15.0. The summed E-state index contributed by atoms with van der Waals surface area (Å²) >= 11 is 0. The van der Waals surface area contributed by atoms with Crippen LogP contribution >= 0.6 is 0 Å². The molecule has 0 spiro atoms. The summed E-state index contributed by atoms with van der Waals surface area (Å²) in [7, 11) is 1.53. The Morgan fingerprint density at radius 1 is 1.37 bits per heavy atom. The maximum atomic E-state index is 12.3. The number of hydrogen-bond donors (Lipinski definition) is 2. The lowest BCUT2D eigenvalue weighted by atomic mass is 10.1. The van der Waals surface area contributed by atoms with Gasteiger partial charge in [-0.1, -0.05) is 13.0 Å². The fourth-order valence-electron chi connectivity index (χ4n) is 1.77. The zero-order valence-electron chi connectivity index (χ0n) is 11.6. The number of carbonyl (C=O) groups is 2. The molecule has 0 aliphatic rings. The van der Waals surface area contributed by atoms with Crippen molar-refractivity contribution in [3.63, 3.8) is 0 Å². The molecule has 5 heteroatoms. The molecule has 19 heavy (non-hydrogen) atoms. The summed E-state index contributed by atoms with van der Waals surface area (Å²) in [5.74, 6) is -0.612. The van der Waals surface area contributed by atoms with Gasteiger partial charge >= 0.3 is 0 Å². The molecule has 5 nitrogen and oxygen atoms in total. The van der Waals surface area contributed by atoms with E-state index in [2.05, 4.69) is 5.32 Å². The van der Waals surface area contributed by atoms with Gasteiger partial charge in [-0.05, 0) is 31.0 Å². The van der Waals surface area contributed by atoms with Crippen molar-refractivity contribution in [2.75, 3.05) is 20.1 Å². The van der Waals surface area contributed by atoms with Crippen molar-refractivity contribution in [1.29, 1.82) is 0 Å². The highest BCUT2D eigenvalue weighted by molar-refractivity contribution is 5.98. The third-order valence-corrected chi connectivity index (χ3v) is 2.78. The zero-order chi connectivity index (χ0) is 14.4. The highest BCUT2D eigenvalue weighted by Gasteiger charge is 2.20. The number of aromatic hydroxyl groups is 1. The van der Waals surface area contributed by atoms with Gasteiger partial charge in [-0.25, -0.2) is 0 Å². The normalized spacial score (nSPS) is 10.1. The molecule has 0 aliphatic carbocycles. The predicted octanol–water partition coefficient (Wildman–Crippen LogP) is 1.30. The number of nitrogens with one attached hydrogen (secondary N) is 1. The highest BCUT2D eigenvalue weighted by atomic mass is 16.3. The van der Waals surface area contributed by atoms with Gasteiger partial charge < -0.3 is 15.3 Å². The van der Waals surface area contributed by atoms with Crippen LogP contribution in [0.4, 0.5) is 0 Å². The average molecular weight is 264 g/mol. The number of nitrogens with zero attached hydrogens (tertiary/aromatic N) is 1. The van der Waals surface area contributed by atoms with Gasteiger partial charge in [0.05, 0.1) is 12.1 Å². The quantitative estimate of drug-likeness (QED) is 0.842. The SMILES string of the molecule is CCCN(CC(=O)NC)C(=O)c1ccc(C)cc1O. The van der Waals surface area contributed by atoms with Gasteiger partial charge in [0, 0.05) is 13.6 Å². The largest absolute Gasteiger partial charge is 0.507 e. The average Bonchev–Trinajstić information content (AvgIpc) is 2.37. The van der Waals surface area contributed by atoms with E-state index < -0.39 is 0 Å². The van der Waals surface area contributed by atoms with Gasteiger partial charge in [-0.3, -0.25) is 9.59 Å². The maximum absolute atomic E-state index is 12.3. The van der Waals surface area contributed by atoms with Gasteiger partial charge in [-0.15, -0.1) is 0 Å². The molecule has 0 atom stereocenters. The van der Waals surface area contributed by atoms with E-state index in [1.807, 2.05) is 13.8 Å². The molecule has 0 aliphatic heterocycles. The van der Waals surface area contributed by atoms with Crippen LogP contribution in [-0.2, 0) is 4.79 Å². The van der Waals surface area contributed by atoms with Crippen LogP contribution in [0.2, 0.25) is 0 Å². The molecule has 0 heterocycles. The number of phenolic OH excluding ortho intramolecular Hbond substituents is 1. The number of rotatable bonds is 5. The Hall–Kier alpha value is -2.04. The molecule has 104 valence electrons. The molecule has 0 radical (unpaired) electrons. The summed E-state index contributed by atoms with van der Waals surface area (Å²) in [6, 6.07) is 4.88. The lowest BCUT2D eigenvalue weighted by Crippen LogP contribution is -2.40. The molecular weight excluding hydrogens is 244 g/mol. The van der Waals surface area contributed by atoms with E-state index in [1.165, 1.54) is 18.0 Å². The van der Waals surface area contributed by atoms with E-state index in [4.69, 9.17) is 0 Å². The topological polar surface area (TPSA) is 69.6 Å². The van der Waals surface area contributed by atoms with Crippen molar-refractivity contribution in [3.8, 4) is 5.75 Å². The fraction of sp³-hybridized carbons (Fsp3) is 0.429. The van der Waals surface area contributed by atoms with E-state index >= 15 is 0 Å². The van der Waals surface area contributed by atoms with Crippen LogP contribution in [0, 0.1) is 6.92 Å². The van der Waals surface area contributed by atoms with E-state index in [-0.39, 0.29) is 29.7 Å². The fourth-order valence-corrected chi connectivity index (χ4v) is 1.77. The number of carbonyl (C=O) groups excluding carboxylic acids is 2. The van der Waals surface area contributed by atoms with Gasteiger partial charge in [-0.2, -0.15) is 0 Å². The monoisotopic (exact) mass is 264 g/mol. The van der Waals surface area contributed by atoms with Crippen LogP contribution in [0.3, 0.4) is 0 Å². The first-order chi connectivity index (χ1) is 8.99. The lowest BCUT2D eigenvalue weighted by molar-refractivity contribution is -0.121. The van der Waals surface area contributed by atoms with Crippen LogP contribution in [-0.4, -0.2) is 42.0 Å². The van der Waals surface area contributed by atoms with Crippen molar-refractivity contribution in [3.05, 3.63) is 29.3 Å². The van der Waals surface area contributed by atoms with Crippen molar-refractivity contribution in [2.24, 2.45) is 0 Å². The minimum Gasteiger partial charge on any atom is -0.507 e. The number of phenols is 1. The highest BCUT2D eigenvalue weighted by Crippen LogP contribution is 2.20. The second kappa shape index (κ2) is 6.78. The minimum absolute atomic E-state index is 0.00348. The minimum atomic E-state index is -0.331. The Labute approximate surface area is 113 Å². The molecule has 1 aromatic rings. The summed E-state index contributed by atoms with van der Waals surface area (Å²) in [5, 5.41) is 12.3. The summed E-state index contributed by atoms with van der Waals surface area (Å²) in [5.41, 5.74) is 1.10. The number of aryl methyl sites for hydroxylation is 1. The number of benzene rings is 1. The second-order valence-electron chi connectivity index (χ2n) is 4.42. The Morgan fingerprint density at radius 2 is 2.05 bits per heavy atom. The van der Waals surface area contributed by atoms with Crippen molar-refractivity contribution in [2.45, 2.75) is 20.3 Å². The summed E-state index contributed by atoms with van der Waals surface area (Å²) in [6.07, 6.45) is 0.745. The van der Waals surface area contributed by atoms with Crippen LogP contribution in [0.15, 0.2) is 18.2 Å². The molecular formula is C14H20N2O3. The molecule has 0 fully saturated rings. The van der Waals surface area contributed by atoms with Gasteiger partial charge in [0.15, 0.2) is 0 Å². The van der Waals surface area contributed by atoms with Crippen molar-refractivity contribution in [1.82, 2.24) is 10.2 Å². The lowest BCUT2D eigenvalue weighted by Gasteiger charge is -2.21. The van der Waals surface area contributed by atoms with E-state index in [9.17, 15) is 14.7 Å². The van der Waals surface area contributed by atoms with E-state index in [1.54, 1.807) is 12.1 Å². The molecule has 0 saturated carbocycles. The Kier molecular flexibility index (Phi) is 5.36. The van der Waals surface area contributed by atoms with Crippen molar-refractivity contribution >= 4 is 11.8 Å². The number of likely N-dealkylation sites (N-methyl/N-ethyl adjacent to an activating group) is 1. The Bertz CT molecular complexity index is 472. The molecule has 0 unspecified atom stereocenters. The first-order valence-corrected chi connectivity index (χ1v) is 6.29. The summed E-state index contributed by atoms with van der Waals surface area (Å²) in [6.45, 7) is 4.23. The second-order valence-corrected chi connectivity index (χ2v) is 4.42. The van der Waals surface area contributed by atoms with Crippen LogP contribution in [0.1, 0.15) is 29.3 Å². The van der Waals surface area contributed by atoms with Crippen LogP contribution in [0.25, 0.3) is 0 Å². The maximum Gasteiger partial charge on any atom is 0.258 e. The Balaban J connectivity index is 2.95. The predicted molar refractivity (Wildman–Crippen MR) is 73.1 cm³/mol. The molecule has 0 bridgehead atoms. The molecule has 1 aromatic carbocycles. The van der Waals surface area contributed by atoms with E-state index in [0.717, 1.165) is 12.0 Å². The third kappa shape index (κ3) is 3.98. The Morgan fingerprint density at radius 3 is 2.58 bits per heavy atom. The summed E-state index contributed by atoms with van der Waals surface area (Å²) < 4.78 is 0. The molecule has 2 amide bonds. The first-order valence-electron chi connectivity index (χ1n) is 6.29. The van der Waals surface area contributed by atoms with Gasteiger partial charge in [0.2, 0.25) is 5.91 Å². The number of hydrogen-bond acceptors (Lipinski definition) is 3. The molecule has 2 N–H and O–H groups in total. The van der Waals surface area contributed by atoms with E-state index in [0.29, 0.717) is 6.54 Å². The standard InChI is InChI=1S/C14H20N2O3/c1-4-7-16(9-13(18)15-3)14(19)11-6-5-10(2)8-12(11)17/h5-6,8,17H,4,7,9H2,1-3H3,(H,15,18). The molecule has 0 aromatic heterocycles.